The Hall–Kier alpha value is -2.63. The van der Waals surface area contributed by atoms with Crippen LogP contribution in [0.2, 0.25) is 0 Å². The maximum absolute atomic E-state index is 11.7. The van der Waals surface area contributed by atoms with Crippen molar-refractivity contribution in [1.29, 1.82) is 0 Å². The number of nitrogens with zero attached hydrogens (tertiary/aromatic N) is 2. The number of anilines is 1. The maximum Gasteiger partial charge on any atom is 0.335 e. The second-order valence-electron chi connectivity index (χ2n) is 4.81. The van der Waals surface area contributed by atoms with Crippen molar-refractivity contribution >= 4 is 17.7 Å². The number of fused-ring (bicyclic) bond motifs is 1. The molecule has 6 heteroatoms. The Bertz CT molecular complexity index is 688. The summed E-state index contributed by atoms with van der Waals surface area (Å²) in [6.07, 6.45) is 0.292. The third-order valence-electron chi connectivity index (χ3n) is 3.34. The molecule has 0 radical (unpaired) electrons. The zero-order chi connectivity index (χ0) is 14.3. The van der Waals surface area contributed by atoms with E-state index in [1.807, 2.05) is 13.0 Å². The smallest absolute Gasteiger partial charge is 0.335 e. The maximum atomic E-state index is 11.7. The van der Waals surface area contributed by atoms with E-state index in [0.717, 1.165) is 11.3 Å². The largest absolute Gasteiger partial charge is 0.478 e. The van der Waals surface area contributed by atoms with Crippen molar-refractivity contribution in [3.05, 3.63) is 47.2 Å². The van der Waals surface area contributed by atoms with Crippen molar-refractivity contribution in [2.75, 3.05) is 5.32 Å². The second-order valence-corrected chi connectivity index (χ2v) is 4.81. The van der Waals surface area contributed by atoms with Crippen molar-refractivity contribution < 1.29 is 14.7 Å². The van der Waals surface area contributed by atoms with Crippen LogP contribution in [0.4, 0.5) is 5.82 Å². The van der Waals surface area contributed by atoms with Gasteiger partial charge in [-0.25, -0.2) is 9.48 Å². The van der Waals surface area contributed by atoms with Gasteiger partial charge in [0.15, 0.2) is 0 Å². The number of carboxylic acids is 1. The van der Waals surface area contributed by atoms with Crippen LogP contribution in [0.1, 0.15) is 34.1 Å². The molecule has 0 aliphatic carbocycles. The van der Waals surface area contributed by atoms with Crippen molar-refractivity contribution in [3.63, 3.8) is 0 Å². The summed E-state index contributed by atoms with van der Waals surface area (Å²) in [5, 5.41) is 16.1. The molecule has 0 saturated heterocycles. The molecule has 3 rings (SSSR count). The summed E-state index contributed by atoms with van der Waals surface area (Å²) >= 11 is 0. The van der Waals surface area contributed by atoms with E-state index in [9.17, 15) is 9.59 Å². The number of aromatic nitrogens is 2. The molecule has 20 heavy (non-hydrogen) atoms. The molecule has 1 aliphatic heterocycles. The fourth-order valence-electron chi connectivity index (χ4n) is 2.41. The van der Waals surface area contributed by atoms with Crippen molar-refractivity contribution in [2.45, 2.75) is 19.4 Å². The van der Waals surface area contributed by atoms with E-state index in [4.69, 9.17) is 5.11 Å². The van der Waals surface area contributed by atoms with Crippen LogP contribution in [0.15, 0.2) is 30.3 Å². The topological polar surface area (TPSA) is 84.2 Å². The number of hydrogen-bond donors (Lipinski definition) is 2. The molecule has 1 unspecified atom stereocenters. The lowest BCUT2D eigenvalue weighted by molar-refractivity contribution is -0.117. The molecule has 0 saturated carbocycles. The minimum absolute atomic E-state index is 0.0651. The number of aromatic carboxylic acids is 1. The van der Waals surface area contributed by atoms with Gasteiger partial charge >= 0.3 is 5.97 Å². The highest BCUT2D eigenvalue weighted by Gasteiger charge is 2.27. The number of aryl methyl sites for hydroxylation is 1. The van der Waals surface area contributed by atoms with Crippen molar-refractivity contribution in [2.24, 2.45) is 0 Å². The van der Waals surface area contributed by atoms with E-state index in [0.29, 0.717) is 12.2 Å². The molecule has 1 aromatic carbocycles. The highest BCUT2D eigenvalue weighted by Crippen LogP contribution is 2.30. The van der Waals surface area contributed by atoms with Crippen LogP contribution in [0.3, 0.4) is 0 Å². The Kier molecular flexibility index (Phi) is 2.78. The van der Waals surface area contributed by atoms with Crippen LogP contribution in [-0.4, -0.2) is 26.8 Å². The first-order valence-electron chi connectivity index (χ1n) is 6.24. The van der Waals surface area contributed by atoms with Gasteiger partial charge in [0.1, 0.15) is 5.82 Å². The molecule has 0 fully saturated rings. The van der Waals surface area contributed by atoms with Gasteiger partial charge < -0.3 is 10.4 Å². The summed E-state index contributed by atoms with van der Waals surface area (Å²) in [5.41, 5.74) is 1.93. The lowest BCUT2D eigenvalue weighted by atomic mass is 10.0. The van der Waals surface area contributed by atoms with Crippen LogP contribution in [-0.2, 0) is 4.79 Å². The molecule has 1 aliphatic rings. The first kappa shape index (κ1) is 12.4. The van der Waals surface area contributed by atoms with E-state index in [1.165, 1.54) is 0 Å². The lowest BCUT2D eigenvalue weighted by Crippen LogP contribution is -2.28. The molecule has 2 aromatic rings. The SMILES string of the molecule is Cc1cc2n(n1)C(c1ccc(C(=O)O)cc1)CC(=O)N2. The summed E-state index contributed by atoms with van der Waals surface area (Å²) < 4.78 is 1.77. The van der Waals surface area contributed by atoms with Gasteiger partial charge in [-0.1, -0.05) is 12.1 Å². The molecule has 6 nitrogen and oxygen atoms in total. The average Bonchev–Trinajstić information content (AvgIpc) is 2.78. The van der Waals surface area contributed by atoms with Crippen LogP contribution in [0.25, 0.3) is 0 Å². The van der Waals surface area contributed by atoms with E-state index < -0.39 is 5.97 Å². The molecule has 0 bridgehead atoms. The number of carbonyl (C=O) groups is 2. The third-order valence-corrected chi connectivity index (χ3v) is 3.34. The van der Waals surface area contributed by atoms with Gasteiger partial charge in [0.2, 0.25) is 5.91 Å². The first-order chi connectivity index (χ1) is 9.54. The van der Waals surface area contributed by atoms with Crippen LogP contribution < -0.4 is 5.32 Å². The minimum atomic E-state index is -0.964. The number of nitrogens with one attached hydrogen (secondary N) is 1. The van der Waals surface area contributed by atoms with Gasteiger partial charge in [0.25, 0.3) is 0 Å². The summed E-state index contributed by atoms with van der Waals surface area (Å²) in [6, 6.07) is 8.16. The van der Waals surface area contributed by atoms with Gasteiger partial charge in [-0.05, 0) is 24.6 Å². The van der Waals surface area contributed by atoms with Gasteiger partial charge in [-0.3, -0.25) is 4.79 Å². The standard InChI is InChI=1S/C14H13N3O3/c1-8-6-12-15-13(18)7-11(17(12)16-8)9-2-4-10(5-3-9)14(19)20/h2-6,11H,7H2,1H3,(H,15,18)(H,19,20). The number of carbonyl (C=O) groups excluding carboxylic acids is 1. The zero-order valence-corrected chi connectivity index (χ0v) is 10.8. The van der Waals surface area contributed by atoms with Crippen LogP contribution >= 0.6 is 0 Å². The fraction of sp³-hybridized carbons (Fsp3) is 0.214. The number of rotatable bonds is 2. The quantitative estimate of drug-likeness (QED) is 0.872. The molecule has 102 valence electrons. The highest BCUT2D eigenvalue weighted by atomic mass is 16.4. The Morgan fingerprint density at radius 3 is 2.75 bits per heavy atom. The summed E-state index contributed by atoms with van der Waals surface area (Å²) in [7, 11) is 0. The van der Waals surface area contributed by atoms with E-state index in [2.05, 4.69) is 10.4 Å². The molecule has 1 atom stereocenters. The average molecular weight is 271 g/mol. The third kappa shape index (κ3) is 2.05. The van der Waals surface area contributed by atoms with Gasteiger partial charge in [-0.15, -0.1) is 0 Å². The molecule has 2 heterocycles. The first-order valence-corrected chi connectivity index (χ1v) is 6.24. The zero-order valence-electron chi connectivity index (χ0n) is 10.8. The molecule has 0 spiro atoms. The molecule has 1 aromatic heterocycles. The molecule has 1 amide bonds. The summed E-state index contributed by atoms with van der Waals surface area (Å²) in [5.74, 6) is -0.357. The van der Waals surface area contributed by atoms with Crippen molar-refractivity contribution in [1.82, 2.24) is 9.78 Å². The number of carboxylic acid groups (broad SMARTS) is 1. The Balaban J connectivity index is 2.01. The summed E-state index contributed by atoms with van der Waals surface area (Å²) in [6.45, 7) is 1.86. The molecular formula is C14H13N3O3. The lowest BCUT2D eigenvalue weighted by Gasteiger charge is -2.24. The Morgan fingerprint density at radius 2 is 2.10 bits per heavy atom. The second kappa shape index (κ2) is 4.48. The van der Waals surface area contributed by atoms with Gasteiger partial charge in [0, 0.05) is 6.07 Å². The van der Waals surface area contributed by atoms with Crippen LogP contribution in [0, 0.1) is 6.92 Å². The van der Waals surface area contributed by atoms with Gasteiger partial charge in [0.05, 0.1) is 23.7 Å². The Morgan fingerprint density at radius 1 is 1.40 bits per heavy atom. The molecular weight excluding hydrogens is 258 g/mol. The predicted octanol–water partition coefficient (Wildman–Crippen LogP) is 1.82. The predicted molar refractivity (Wildman–Crippen MR) is 71.8 cm³/mol. The minimum Gasteiger partial charge on any atom is -0.478 e. The monoisotopic (exact) mass is 271 g/mol. The van der Waals surface area contributed by atoms with E-state index >= 15 is 0 Å². The number of benzene rings is 1. The number of hydrogen-bond acceptors (Lipinski definition) is 3. The number of amides is 1. The van der Waals surface area contributed by atoms with Gasteiger partial charge in [-0.2, -0.15) is 5.10 Å². The normalized spacial score (nSPS) is 17.4. The Labute approximate surface area is 115 Å². The highest BCUT2D eigenvalue weighted by molar-refractivity contribution is 5.92. The van der Waals surface area contributed by atoms with E-state index in [-0.39, 0.29) is 17.5 Å². The van der Waals surface area contributed by atoms with E-state index in [1.54, 1.807) is 28.9 Å². The van der Waals surface area contributed by atoms with Crippen LogP contribution in [0.5, 0.6) is 0 Å². The van der Waals surface area contributed by atoms with Crippen molar-refractivity contribution in [3.8, 4) is 0 Å². The fourth-order valence-corrected chi connectivity index (χ4v) is 2.41. The molecule has 2 N–H and O–H groups in total. The summed E-state index contributed by atoms with van der Waals surface area (Å²) in [4.78, 5) is 22.6.